The number of amides is 1. The van der Waals surface area contributed by atoms with Gasteiger partial charge in [-0.2, -0.15) is 4.39 Å². The van der Waals surface area contributed by atoms with Crippen LogP contribution < -0.4 is 0 Å². The monoisotopic (exact) mass is 316 g/mol. The quantitative estimate of drug-likeness (QED) is 0.778. The third-order valence-electron chi connectivity index (χ3n) is 3.63. The van der Waals surface area contributed by atoms with Crippen molar-refractivity contribution in [1.29, 1.82) is 0 Å². The van der Waals surface area contributed by atoms with E-state index in [0.29, 0.717) is 0 Å². The number of hydrogen-bond acceptors (Lipinski definition) is 2. The average molecular weight is 316 g/mol. The summed E-state index contributed by atoms with van der Waals surface area (Å²) in [5.41, 5.74) is 1.30. The van der Waals surface area contributed by atoms with Crippen LogP contribution in [0.5, 0.6) is 5.75 Å². The standard InChI is InChI=1S/C17H14F2N2O2/c1-21(9-11-8-10-4-2-3-5-13(10)20-11)17(23)12-6-7-14(22)16(19)15(12)18/h2-8,20,22H,9H2,1H3. The molecule has 2 aromatic carbocycles. The van der Waals surface area contributed by atoms with Crippen molar-refractivity contribution >= 4 is 16.8 Å². The summed E-state index contributed by atoms with van der Waals surface area (Å²) in [4.78, 5) is 16.7. The molecule has 4 nitrogen and oxygen atoms in total. The summed E-state index contributed by atoms with van der Waals surface area (Å²) in [7, 11) is 1.50. The summed E-state index contributed by atoms with van der Waals surface area (Å²) in [6.07, 6.45) is 0. The van der Waals surface area contributed by atoms with E-state index in [1.807, 2.05) is 30.3 Å². The van der Waals surface area contributed by atoms with Crippen molar-refractivity contribution in [1.82, 2.24) is 9.88 Å². The highest BCUT2D eigenvalue weighted by atomic mass is 19.2. The molecule has 1 amide bonds. The second-order valence-electron chi connectivity index (χ2n) is 5.30. The van der Waals surface area contributed by atoms with Gasteiger partial charge in [-0.25, -0.2) is 4.39 Å². The minimum absolute atomic E-state index is 0.218. The molecule has 0 unspecified atom stereocenters. The lowest BCUT2D eigenvalue weighted by Crippen LogP contribution is -2.27. The van der Waals surface area contributed by atoms with Crippen molar-refractivity contribution in [3.8, 4) is 5.75 Å². The van der Waals surface area contributed by atoms with Crippen LogP contribution in [0.1, 0.15) is 16.1 Å². The van der Waals surface area contributed by atoms with Crippen LogP contribution in [0, 0.1) is 11.6 Å². The van der Waals surface area contributed by atoms with E-state index in [0.717, 1.165) is 28.7 Å². The van der Waals surface area contributed by atoms with Gasteiger partial charge in [0.05, 0.1) is 12.1 Å². The number of nitrogens with one attached hydrogen (secondary N) is 1. The van der Waals surface area contributed by atoms with E-state index >= 15 is 0 Å². The average Bonchev–Trinajstić information content (AvgIpc) is 2.94. The Hall–Kier alpha value is -2.89. The molecule has 0 aliphatic carbocycles. The number of aromatic nitrogens is 1. The summed E-state index contributed by atoms with van der Waals surface area (Å²) in [6.45, 7) is 0.218. The number of phenols is 1. The zero-order chi connectivity index (χ0) is 16.6. The number of aromatic amines is 1. The summed E-state index contributed by atoms with van der Waals surface area (Å²) in [6, 6.07) is 11.6. The van der Waals surface area contributed by atoms with Crippen molar-refractivity contribution < 1.29 is 18.7 Å². The number of para-hydroxylation sites is 1. The highest BCUT2D eigenvalue weighted by Crippen LogP contribution is 2.23. The summed E-state index contributed by atoms with van der Waals surface area (Å²) in [5.74, 6) is -4.26. The normalized spacial score (nSPS) is 10.9. The molecule has 2 N–H and O–H groups in total. The molecule has 118 valence electrons. The van der Waals surface area contributed by atoms with Gasteiger partial charge in [0.2, 0.25) is 5.82 Å². The Morgan fingerprint density at radius 1 is 1.17 bits per heavy atom. The van der Waals surface area contributed by atoms with Crippen molar-refractivity contribution in [3.05, 3.63) is 65.4 Å². The number of H-pyrrole nitrogens is 1. The van der Waals surface area contributed by atoms with Gasteiger partial charge in [0.15, 0.2) is 11.6 Å². The van der Waals surface area contributed by atoms with E-state index in [1.165, 1.54) is 11.9 Å². The molecule has 0 atom stereocenters. The smallest absolute Gasteiger partial charge is 0.257 e. The number of nitrogens with zero attached hydrogens (tertiary/aromatic N) is 1. The van der Waals surface area contributed by atoms with Gasteiger partial charge in [-0.15, -0.1) is 0 Å². The van der Waals surface area contributed by atoms with Crippen molar-refractivity contribution in [2.45, 2.75) is 6.54 Å². The van der Waals surface area contributed by atoms with E-state index < -0.39 is 28.9 Å². The van der Waals surface area contributed by atoms with E-state index in [9.17, 15) is 13.6 Å². The molecule has 3 aromatic rings. The first kappa shape index (κ1) is 15.0. The topological polar surface area (TPSA) is 56.3 Å². The maximum Gasteiger partial charge on any atom is 0.257 e. The highest BCUT2D eigenvalue weighted by molar-refractivity contribution is 5.94. The number of fused-ring (bicyclic) bond motifs is 1. The molecular weight excluding hydrogens is 302 g/mol. The maximum atomic E-state index is 13.8. The first-order chi connectivity index (χ1) is 11.0. The molecule has 0 radical (unpaired) electrons. The van der Waals surface area contributed by atoms with Crippen LogP contribution in [0.2, 0.25) is 0 Å². The molecule has 0 aliphatic heterocycles. The van der Waals surface area contributed by atoms with Crippen LogP contribution in [0.3, 0.4) is 0 Å². The second-order valence-corrected chi connectivity index (χ2v) is 5.30. The van der Waals surface area contributed by atoms with Gasteiger partial charge in [-0.1, -0.05) is 18.2 Å². The van der Waals surface area contributed by atoms with E-state index in [-0.39, 0.29) is 6.54 Å². The summed E-state index contributed by atoms with van der Waals surface area (Å²) in [5, 5.41) is 10.1. The third-order valence-corrected chi connectivity index (χ3v) is 3.63. The molecule has 0 saturated heterocycles. The Morgan fingerprint density at radius 2 is 1.91 bits per heavy atom. The summed E-state index contributed by atoms with van der Waals surface area (Å²) >= 11 is 0. The van der Waals surface area contributed by atoms with Crippen molar-refractivity contribution in [2.75, 3.05) is 7.05 Å². The van der Waals surface area contributed by atoms with Gasteiger partial charge in [-0.3, -0.25) is 4.79 Å². The van der Waals surface area contributed by atoms with Gasteiger partial charge in [0.1, 0.15) is 0 Å². The molecule has 3 rings (SSSR count). The first-order valence-corrected chi connectivity index (χ1v) is 6.96. The zero-order valence-electron chi connectivity index (χ0n) is 12.3. The fraction of sp³-hybridized carbons (Fsp3) is 0.118. The maximum absolute atomic E-state index is 13.8. The molecule has 0 saturated carbocycles. The van der Waals surface area contributed by atoms with Crippen LogP contribution in [0.4, 0.5) is 8.78 Å². The molecular formula is C17H14F2N2O2. The van der Waals surface area contributed by atoms with Gasteiger partial charge in [0, 0.05) is 18.3 Å². The summed E-state index contributed by atoms with van der Waals surface area (Å²) < 4.78 is 27.2. The largest absolute Gasteiger partial charge is 0.505 e. The van der Waals surface area contributed by atoms with Gasteiger partial charge < -0.3 is 15.0 Å². The number of hydrogen-bond donors (Lipinski definition) is 2. The van der Waals surface area contributed by atoms with Gasteiger partial charge >= 0.3 is 0 Å². The number of halogens is 2. The number of benzene rings is 2. The van der Waals surface area contributed by atoms with Gasteiger partial charge in [0.25, 0.3) is 5.91 Å². The Kier molecular flexibility index (Phi) is 3.73. The van der Waals surface area contributed by atoms with Crippen molar-refractivity contribution in [3.63, 3.8) is 0 Å². The Balaban J connectivity index is 1.84. The molecule has 6 heteroatoms. The fourth-order valence-electron chi connectivity index (χ4n) is 2.46. The Labute approximate surface area is 131 Å². The van der Waals surface area contributed by atoms with Gasteiger partial charge in [-0.05, 0) is 29.7 Å². The van der Waals surface area contributed by atoms with Crippen LogP contribution in [-0.4, -0.2) is 27.9 Å². The predicted octanol–water partition coefficient (Wildman–Crippen LogP) is 3.42. The zero-order valence-corrected chi connectivity index (χ0v) is 12.3. The number of aromatic hydroxyl groups is 1. The minimum atomic E-state index is -1.42. The first-order valence-electron chi connectivity index (χ1n) is 6.96. The minimum Gasteiger partial charge on any atom is -0.505 e. The number of carbonyl (C=O) groups excluding carboxylic acids is 1. The molecule has 1 heterocycles. The van der Waals surface area contributed by atoms with Crippen molar-refractivity contribution in [2.24, 2.45) is 0 Å². The lowest BCUT2D eigenvalue weighted by molar-refractivity contribution is 0.0777. The number of carbonyl (C=O) groups is 1. The Morgan fingerprint density at radius 3 is 2.65 bits per heavy atom. The molecule has 0 bridgehead atoms. The SMILES string of the molecule is CN(Cc1cc2ccccc2[nH]1)C(=O)c1ccc(O)c(F)c1F. The molecule has 0 aliphatic rings. The van der Waals surface area contributed by atoms with Crippen LogP contribution in [0.25, 0.3) is 10.9 Å². The third kappa shape index (κ3) is 2.75. The molecule has 23 heavy (non-hydrogen) atoms. The van der Waals surface area contributed by atoms with E-state index in [4.69, 9.17) is 5.11 Å². The van der Waals surface area contributed by atoms with Crippen LogP contribution in [-0.2, 0) is 6.54 Å². The lowest BCUT2D eigenvalue weighted by Gasteiger charge is -2.17. The second kappa shape index (κ2) is 5.72. The molecule has 0 spiro atoms. The fourth-order valence-corrected chi connectivity index (χ4v) is 2.46. The highest BCUT2D eigenvalue weighted by Gasteiger charge is 2.21. The van der Waals surface area contributed by atoms with Crippen LogP contribution in [0.15, 0.2) is 42.5 Å². The molecule has 1 aromatic heterocycles. The number of rotatable bonds is 3. The van der Waals surface area contributed by atoms with Crippen LogP contribution >= 0.6 is 0 Å². The number of phenolic OH excluding ortho intramolecular Hbond substituents is 1. The Bertz CT molecular complexity index is 856. The van der Waals surface area contributed by atoms with E-state index in [1.54, 1.807) is 0 Å². The lowest BCUT2D eigenvalue weighted by atomic mass is 10.1. The predicted molar refractivity (Wildman–Crippen MR) is 82.1 cm³/mol. The van der Waals surface area contributed by atoms with E-state index in [2.05, 4.69) is 4.98 Å². The molecule has 0 fully saturated rings.